The Bertz CT molecular complexity index is 873. The molecule has 1 aromatic heterocycles. The number of ether oxygens (including phenoxy) is 2. The van der Waals surface area contributed by atoms with E-state index in [0.717, 1.165) is 10.0 Å². The predicted octanol–water partition coefficient (Wildman–Crippen LogP) is 2.70. The molecular weight excluding hydrogens is 402 g/mol. The zero-order valence-electron chi connectivity index (χ0n) is 13.8. The van der Waals surface area contributed by atoms with E-state index in [1.807, 2.05) is 18.2 Å². The fraction of sp³-hybridized carbons (Fsp3) is 0.278. The van der Waals surface area contributed by atoms with Crippen molar-refractivity contribution in [2.45, 2.75) is 25.4 Å². The Labute approximate surface area is 158 Å². The summed E-state index contributed by atoms with van der Waals surface area (Å²) in [5.74, 6) is 1.53. The number of halogens is 1. The van der Waals surface area contributed by atoms with Crippen LogP contribution in [0.3, 0.4) is 0 Å². The minimum absolute atomic E-state index is 0.0370. The van der Waals surface area contributed by atoms with Crippen molar-refractivity contribution in [3.05, 3.63) is 46.6 Å². The van der Waals surface area contributed by atoms with Crippen LogP contribution in [0.4, 0.5) is 5.82 Å². The molecule has 0 bridgehead atoms. The Morgan fingerprint density at radius 1 is 1.27 bits per heavy atom. The van der Waals surface area contributed by atoms with E-state index < -0.39 is 6.04 Å². The van der Waals surface area contributed by atoms with E-state index in [0.29, 0.717) is 36.7 Å². The van der Waals surface area contributed by atoms with Gasteiger partial charge >= 0.3 is 0 Å². The van der Waals surface area contributed by atoms with E-state index in [2.05, 4.69) is 26.2 Å². The van der Waals surface area contributed by atoms with Crippen molar-refractivity contribution in [2.75, 3.05) is 12.1 Å². The van der Waals surface area contributed by atoms with Gasteiger partial charge in [-0.2, -0.15) is 0 Å². The number of pyridine rings is 1. The van der Waals surface area contributed by atoms with Crippen LogP contribution in [0.5, 0.6) is 11.5 Å². The van der Waals surface area contributed by atoms with Crippen LogP contribution in [-0.2, 0) is 16.1 Å². The highest BCUT2D eigenvalue weighted by atomic mass is 79.9. The Kier molecular flexibility index (Phi) is 4.50. The maximum Gasteiger partial charge on any atom is 0.248 e. The molecule has 2 aliphatic heterocycles. The summed E-state index contributed by atoms with van der Waals surface area (Å²) in [4.78, 5) is 30.7. The third-order valence-electron chi connectivity index (χ3n) is 4.39. The summed E-state index contributed by atoms with van der Waals surface area (Å²) in [6.45, 7) is 0.547. The first kappa shape index (κ1) is 16.8. The van der Waals surface area contributed by atoms with Crippen LogP contribution in [0.25, 0.3) is 0 Å². The summed E-state index contributed by atoms with van der Waals surface area (Å²) < 4.78 is 11.5. The number of hydrogen-bond acceptors (Lipinski definition) is 5. The number of amides is 2. The average molecular weight is 418 g/mol. The summed E-state index contributed by atoms with van der Waals surface area (Å²) in [7, 11) is 0. The van der Waals surface area contributed by atoms with Crippen LogP contribution in [0.2, 0.25) is 0 Å². The van der Waals surface area contributed by atoms with Gasteiger partial charge in [0.2, 0.25) is 18.6 Å². The number of carbonyl (C=O) groups excluding carboxylic acids is 2. The maximum atomic E-state index is 12.7. The Morgan fingerprint density at radius 2 is 2.12 bits per heavy atom. The van der Waals surface area contributed by atoms with Gasteiger partial charge in [0, 0.05) is 23.6 Å². The molecule has 1 saturated heterocycles. The number of carbonyl (C=O) groups is 2. The lowest BCUT2D eigenvalue weighted by molar-refractivity contribution is -0.133. The SMILES string of the molecule is O=C(Nc1cc(Br)ccn1)C1CCC(=O)N1Cc1ccc2c(c1)OCO2. The molecule has 1 N–H and O–H groups in total. The lowest BCUT2D eigenvalue weighted by Gasteiger charge is -2.24. The fourth-order valence-corrected chi connectivity index (χ4v) is 3.46. The summed E-state index contributed by atoms with van der Waals surface area (Å²) in [6.07, 6.45) is 2.45. The number of aromatic nitrogens is 1. The van der Waals surface area contributed by atoms with Crippen molar-refractivity contribution in [3.63, 3.8) is 0 Å². The van der Waals surface area contributed by atoms with Crippen molar-refractivity contribution < 1.29 is 19.1 Å². The second-order valence-corrected chi connectivity index (χ2v) is 7.03. The molecule has 8 heteroatoms. The van der Waals surface area contributed by atoms with Crippen LogP contribution in [-0.4, -0.2) is 34.5 Å². The van der Waals surface area contributed by atoms with E-state index >= 15 is 0 Å². The third kappa shape index (κ3) is 3.37. The molecule has 1 atom stereocenters. The molecule has 1 unspecified atom stereocenters. The second-order valence-electron chi connectivity index (χ2n) is 6.11. The normalized spacial score (nSPS) is 18.3. The number of fused-ring (bicyclic) bond motifs is 1. The highest BCUT2D eigenvalue weighted by Gasteiger charge is 2.36. The van der Waals surface area contributed by atoms with Crippen LogP contribution < -0.4 is 14.8 Å². The van der Waals surface area contributed by atoms with Gasteiger partial charge in [0.15, 0.2) is 11.5 Å². The minimum Gasteiger partial charge on any atom is -0.454 e. The highest BCUT2D eigenvalue weighted by Crippen LogP contribution is 2.33. The number of nitrogens with zero attached hydrogens (tertiary/aromatic N) is 2. The number of benzene rings is 1. The Balaban J connectivity index is 1.49. The van der Waals surface area contributed by atoms with Crippen LogP contribution in [0.15, 0.2) is 41.0 Å². The smallest absolute Gasteiger partial charge is 0.248 e. The lowest BCUT2D eigenvalue weighted by Crippen LogP contribution is -2.41. The minimum atomic E-state index is -0.520. The first-order valence-corrected chi connectivity index (χ1v) is 9.00. The van der Waals surface area contributed by atoms with Gasteiger partial charge in [-0.25, -0.2) is 4.98 Å². The number of rotatable bonds is 4. The standard InChI is InChI=1S/C18H16BrN3O4/c19-12-5-6-20-16(8-12)21-18(24)13-2-4-17(23)22(13)9-11-1-3-14-15(7-11)26-10-25-14/h1,3,5-8,13H,2,4,9-10H2,(H,20,21,24). The summed E-state index contributed by atoms with van der Waals surface area (Å²) >= 11 is 3.35. The van der Waals surface area contributed by atoms with Crippen LogP contribution in [0.1, 0.15) is 18.4 Å². The molecule has 2 aromatic rings. The predicted molar refractivity (Wildman–Crippen MR) is 96.7 cm³/mol. The second kappa shape index (κ2) is 6.95. The van der Waals surface area contributed by atoms with Crippen molar-refractivity contribution in [2.24, 2.45) is 0 Å². The lowest BCUT2D eigenvalue weighted by atomic mass is 10.1. The average Bonchev–Trinajstić information content (AvgIpc) is 3.22. The topological polar surface area (TPSA) is 80.8 Å². The third-order valence-corrected chi connectivity index (χ3v) is 4.89. The molecule has 1 fully saturated rings. The van der Waals surface area contributed by atoms with Gasteiger partial charge in [-0.15, -0.1) is 0 Å². The van der Waals surface area contributed by atoms with E-state index in [9.17, 15) is 9.59 Å². The van der Waals surface area contributed by atoms with Gasteiger partial charge in [-0.1, -0.05) is 22.0 Å². The number of anilines is 1. The fourth-order valence-electron chi connectivity index (χ4n) is 3.12. The molecule has 2 aliphatic rings. The molecule has 0 aliphatic carbocycles. The monoisotopic (exact) mass is 417 g/mol. The van der Waals surface area contributed by atoms with Gasteiger partial charge in [-0.05, 0) is 36.2 Å². The Hall–Kier alpha value is -2.61. The van der Waals surface area contributed by atoms with Gasteiger partial charge in [0.25, 0.3) is 0 Å². The molecule has 2 amide bonds. The van der Waals surface area contributed by atoms with Gasteiger partial charge in [-0.3, -0.25) is 9.59 Å². The van der Waals surface area contributed by atoms with E-state index in [4.69, 9.17) is 9.47 Å². The first-order chi connectivity index (χ1) is 12.6. The van der Waals surface area contributed by atoms with Crippen LogP contribution in [0, 0.1) is 0 Å². The molecule has 0 spiro atoms. The maximum absolute atomic E-state index is 12.7. The van der Waals surface area contributed by atoms with Crippen molar-refractivity contribution in [1.29, 1.82) is 0 Å². The molecule has 1 aromatic carbocycles. The quantitative estimate of drug-likeness (QED) is 0.826. The van der Waals surface area contributed by atoms with Crippen molar-refractivity contribution in [3.8, 4) is 11.5 Å². The van der Waals surface area contributed by atoms with Gasteiger partial charge in [0.1, 0.15) is 11.9 Å². The molecule has 4 rings (SSSR count). The largest absolute Gasteiger partial charge is 0.454 e. The van der Waals surface area contributed by atoms with E-state index in [-0.39, 0.29) is 18.6 Å². The first-order valence-electron chi connectivity index (χ1n) is 8.20. The van der Waals surface area contributed by atoms with E-state index in [1.165, 1.54) is 0 Å². The number of hydrogen-bond donors (Lipinski definition) is 1. The molecule has 3 heterocycles. The number of nitrogens with one attached hydrogen (secondary N) is 1. The van der Waals surface area contributed by atoms with Crippen molar-refractivity contribution >= 4 is 33.6 Å². The Morgan fingerprint density at radius 3 is 2.96 bits per heavy atom. The van der Waals surface area contributed by atoms with Crippen LogP contribution >= 0.6 is 15.9 Å². The van der Waals surface area contributed by atoms with Gasteiger partial charge < -0.3 is 19.7 Å². The van der Waals surface area contributed by atoms with Gasteiger partial charge in [0.05, 0.1) is 0 Å². The summed E-state index contributed by atoms with van der Waals surface area (Å²) in [5, 5.41) is 2.78. The van der Waals surface area contributed by atoms with Crippen molar-refractivity contribution in [1.82, 2.24) is 9.88 Å². The zero-order valence-corrected chi connectivity index (χ0v) is 15.4. The molecular formula is C18H16BrN3O4. The highest BCUT2D eigenvalue weighted by molar-refractivity contribution is 9.10. The van der Waals surface area contributed by atoms with E-state index in [1.54, 1.807) is 23.2 Å². The molecule has 134 valence electrons. The summed E-state index contributed by atoms with van der Waals surface area (Å²) in [5.41, 5.74) is 0.892. The zero-order chi connectivity index (χ0) is 18.1. The number of likely N-dealkylation sites (tertiary alicyclic amines) is 1. The molecule has 0 radical (unpaired) electrons. The molecule has 0 saturated carbocycles. The summed E-state index contributed by atoms with van der Waals surface area (Å²) in [6, 6.07) is 8.52. The molecule has 7 nitrogen and oxygen atoms in total. The molecule has 26 heavy (non-hydrogen) atoms.